The minimum absolute atomic E-state index is 0.128. The van der Waals surface area contributed by atoms with Gasteiger partial charge in [0.2, 0.25) is 0 Å². The van der Waals surface area contributed by atoms with Crippen molar-refractivity contribution in [1.29, 1.82) is 0 Å². The van der Waals surface area contributed by atoms with Gasteiger partial charge in [-0.15, -0.1) is 0 Å². The number of anilines is 1. The number of benzene rings is 2. The molecule has 2 aromatic carbocycles. The van der Waals surface area contributed by atoms with Gasteiger partial charge in [0.25, 0.3) is 11.8 Å². The molecule has 1 N–H and O–H groups in total. The summed E-state index contributed by atoms with van der Waals surface area (Å²) < 4.78 is 13.7. The number of aryl methyl sites for hydroxylation is 2. The van der Waals surface area contributed by atoms with E-state index in [9.17, 15) is 14.0 Å². The predicted molar refractivity (Wildman–Crippen MR) is 113 cm³/mol. The Morgan fingerprint density at radius 1 is 0.967 bits per heavy atom. The second-order valence-electron chi connectivity index (χ2n) is 7.26. The highest BCUT2D eigenvalue weighted by Gasteiger charge is 2.39. The van der Waals surface area contributed by atoms with Crippen molar-refractivity contribution in [1.82, 2.24) is 9.88 Å². The second-order valence-corrected chi connectivity index (χ2v) is 7.26. The van der Waals surface area contributed by atoms with Crippen molar-refractivity contribution in [3.05, 3.63) is 101 Å². The first-order chi connectivity index (χ1) is 14.4. The van der Waals surface area contributed by atoms with Gasteiger partial charge in [0.15, 0.2) is 0 Å². The van der Waals surface area contributed by atoms with Crippen molar-refractivity contribution in [3.8, 4) is 0 Å². The molecule has 0 saturated heterocycles. The normalized spacial score (nSPS) is 13.9. The van der Waals surface area contributed by atoms with E-state index in [1.807, 2.05) is 32.0 Å². The van der Waals surface area contributed by atoms with E-state index in [-0.39, 0.29) is 23.7 Å². The molecule has 150 valence electrons. The number of halogens is 1. The molecule has 6 heteroatoms. The monoisotopic (exact) mass is 401 g/mol. The van der Waals surface area contributed by atoms with Gasteiger partial charge in [0.05, 0.1) is 12.1 Å². The molecule has 0 spiro atoms. The zero-order valence-electron chi connectivity index (χ0n) is 16.6. The molecule has 0 saturated carbocycles. The number of amides is 2. The van der Waals surface area contributed by atoms with E-state index in [0.717, 1.165) is 16.7 Å². The summed E-state index contributed by atoms with van der Waals surface area (Å²) in [5.74, 6) is -1.27. The molecule has 30 heavy (non-hydrogen) atoms. The van der Waals surface area contributed by atoms with Crippen LogP contribution in [0, 0.1) is 19.7 Å². The first kappa shape index (κ1) is 19.5. The van der Waals surface area contributed by atoms with E-state index >= 15 is 0 Å². The van der Waals surface area contributed by atoms with E-state index < -0.39 is 11.7 Å². The van der Waals surface area contributed by atoms with Crippen molar-refractivity contribution in [2.45, 2.75) is 20.4 Å². The van der Waals surface area contributed by atoms with Crippen molar-refractivity contribution < 1.29 is 14.0 Å². The van der Waals surface area contributed by atoms with Crippen molar-refractivity contribution in [2.75, 3.05) is 5.32 Å². The number of carbonyl (C=O) groups is 2. The molecule has 0 unspecified atom stereocenters. The van der Waals surface area contributed by atoms with Crippen LogP contribution in [-0.2, 0) is 16.1 Å². The molecule has 2 amide bonds. The predicted octanol–water partition coefficient (Wildman–Crippen LogP) is 4.23. The number of imide groups is 1. The third kappa shape index (κ3) is 3.72. The van der Waals surface area contributed by atoms with E-state index in [1.54, 1.807) is 36.7 Å². The third-order valence-electron chi connectivity index (χ3n) is 5.00. The Morgan fingerprint density at radius 2 is 1.73 bits per heavy atom. The topological polar surface area (TPSA) is 62.3 Å². The molecule has 0 radical (unpaired) electrons. The van der Waals surface area contributed by atoms with Gasteiger partial charge in [-0.05, 0) is 60.9 Å². The molecule has 3 aromatic rings. The lowest BCUT2D eigenvalue weighted by Gasteiger charge is -2.15. The lowest BCUT2D eigenvalue weighted by Crippen LogP contribution is -2.32. The second kappa shape index (κ2) is 7.91. The van der Waals surface area contributed by atoms with E-state index in [1.165, 1.54) is 17.0 Å². The molecule has 4 rings (SSSR count). The van der Waals surface area contributed by atoms with Crippen LogP contribution in [0.2, 0.25) is 0 Å². The number of pyridine rings is 1. The van der Waals surface area contributed by atoms with Gasteiger partial charge in [-0.1, -0.05) is 29.8 Å². The minimum atomic E-state index is -0.448. The summed E-state index contributed by atoms with van der Waals surface area (Å²) in [7, 11) is 0. The van der Waals surface area contributed by atoms with Crippen molar-refractivity contribution in [2.24, 2.45) is 0 Å². The van der Waals surface area contributed by atoms with Gasteiger partial charge in [-0.25, -0.2) is 4.39 Å². The highest BCUT2D eigenvalue weighted by Crippen LogP contribution is 2.33. The third-order valence-corrected chi connectivity index (χ3v) is 5.00. The van der Waals surface area contributed by atoms with Crippen LogP contribution in [0.25, 0.3) is 5.57 Å². The molecule has 0 atom stereocenters. The molecule has 0 fully saturated rings. The minimum Gasteiger partial charge on any atom is -0.350 e. The Hall–Kier alpha value is -3.80. The summed E-state index contributed by atoms with van der Waals surface area (Å²) in [5, 5.41) is 2.98. The number of rotatable bonds is 5. The fourth-order valence-electron chi connectivity index (χ4n) is 3.56. The van der Waals surface area contributed by atoms with Crippen LogP contribution in [0.1, 0.15) is 22.3 Å². The van der Waals surface area contributed by atoms with Crippen LogP contribution in [0.5, 0.6) is 0 Å². The summed E-state index contributed by atoms with van der Waals surface area (Å²) in [6.45, 7) is 4.00. The summed E-state index contributed by atoms with van der Waals surface area (Å²) >= 11 is 0. The standard InChI is InChI=1S/C24H20FN3O2/c1-15-6-7-20(16(2)12-15)21-22(27-19-5-3-4-18(25)13-19)24(30)28(23(21)29)14-17-8-10-26-11-9-17/h3-13,27H,14H2,1-2H3. The quantitative estimate of drug-likeness (QED) is 0.650. The molecule has 5 nitrogen and oxygen atoms in total. The number of aromatic nitrogens is 1. The Kier molecular flexibility index (Phi) is 5.14. The molecule has 2 heterocycles. The SMILES string of the molecule is Cc1ccc(C2=C(Nc3cccc(F)c3)C(=O)N(Cc3ccncc3)C2=O)c(C)c1. The van der Waals surface area contributed by atoms with E-state index in [0.29, 0.717) is 11.3 Å². The molecule has 0 aliphatic carbocycles. The molecule has 1 aliphatic heterocycles. The zero-order valence-corrected chi connectivity index (χ0v) is 16.6. The molecule has 1 aromatic heterocycles. The summed E-state index contributed by atoms with van der Waals surface area (Å²) in [4.78, 5) is 31.8. The molecule has 1 aliphatic rings. The number of carbonyl (C=O) groups excluding carboxylic acids is 2. The number of hydrogen-bond acceptors (Lipinski definition) is 4. The Balaban J connectivity index is 1.79. The summed E-state index contributed by atoms with van der Waals surface area (Å²) in [6.07, 6.45) is 3.23. The molecule has 0 bridgehead atoms. The number of hydrogen-bond donors (Lipinski definition) is 1. The van der Waals surface area contributed by atoms with E-state index in [4.69, 9.17) is 0 Å². The average Bonchev–Trinajstić information content (AvgIpc) is 2.93. The van der Waals surface area contributed by atoms with Crippen LogP contribution >= 0.6 is 0 Å². The van der Waals surface area contributed by atoms with Crippen LogP contribution < -0.4 is 5.32 Å². The fourth-order valence-corrected chi connectivity index (χ4v) is 3.56. The average molecular weight is 401 g/mol. The van der Waals surface area contributed by atoms with Crippen LogP contribution in [0.15, 0.2) is 72.7 Å². The summed E-state index contributed by atoms with van der Waals surface area (Å²) in [5.41, 5.74) is 4.24. The fraction of sp³-hybridized carbons (Fsp3) is 0.125. The van der Waals surface area contributed by atoms with Crippen LogP contribution in [0.4, 0.5) is 10.1 Å². The highest BCUT2D eigenvalue weighted by atomic mass is 19.1. The maximum Gasteiger partial charge on any atom is 0.278 e. The highest BCUT2D eigenvalue weighted by molar-refractivity contribution is 6.36. The maximum absolute atomic E-state index is 13.7. The van der Waals surface area contributed by atoms with Gasteiger partial charge in [0.1, 0.15) is 11.5 Å². The largest absolute Gasteiger partial charge is 0.350 e. The van der Waals surface area contributed by atoms with Gasteiger partial charge < -0.3 is 5.32 Å². The van der Waals surface area contributed by atoms with Crippen LogP contribution in [-0.4, -0.2) is 21.7 Å². The molecular weight excluding hydrogens is 381 g/mol. The first-order valence-electron chi connectivity index (χ1n) is 9.53. The van der Waals surface area contributed by atoms with Gasteiger partial charge in [-0.2, -0.15) is 0 Å². The Bertz CT molecular complexity index is 1170. The van der Waals surface area contributed by atoms with E-state index in [2.05, 4.69) is 10.3 Å². The zero-order chi connectivity index (χ0) is 21.3. The van der Waals surface area contributed by atoms with Crippen molar-refractivity contribution in [3.63, 3.8) is 0 Å². The number of nitrogens with one attached hydrogen (secondary N) is 1. The maximum atomic E-state index is 13.7. The Morgan fingerprint density at radius 3 is 2.43 bits per heavy atom. The smallest absolute Gasteiger partial charge is 0.278 e. The lowest BCUT2D eigenvalue weighted by atomic mass is 9.97. The first-order valence-corrected chi connectivity index (χ1v) is 9.53. The Labute approximate surface area is 173 Å². The molecular formula is C24H20FN3O2. The number of nitrogens with zero attached hydrogens (tertiary/aromatic N) is 2. The lowest BCUT2D eigenvalue weighted by molar-refractivity contribution is -0.137. The summed E-state index contributed by atoms with van der Waals surface area (Å²) in [6, 6.07) is 15.0. The van der Waals surface area contributed by atoms with Gasteiger partial charge in [-0.3, -0.25) is 19.5 Å². The van der Waals surface area contributed by atoms with Crippen molar-refractivity contribution >= 4 is 23.1 Å². The van der Waals surface area contributed by atoms with Gasteiger partial charge in [0, 0.05) is 18.1 Å². The van der Waals surface area contributed by atoms with Crippen LogP contribution in [0.3, 0.4) is 0 Å². The van der Waals surface area contributed by atoms with Gasteiger partial charge >= 0.3 is 0 Å².